The van der Waals surface area contributed by atoms with Crippen molar-refractivity contribution in [1.82, 2.24) is 10.3 Å². The molecule has 1 aliphatic rings. The van der Waals surface area contributed by atoms with Crippen LogP contribution in [0.1, 0.15) is 51.9 Å². The van der Waals surface area contributed by atoms with Crippen molar-refractivity contribution in [3.05, 3.63) is 18.2 Å². The first-order valence-electron chi connectivity index (χ1n) is 9.53. The Morgan fingerprint density at radius 3 is 2.63 bits per heavy atom. The number of thioether (sulfide) groups is 1. The van der Waals surface area contributed by atoms with Crippen molar-refractivity contribution >= 4 is 38.6 Å². The van der Waals surface area contributed by atoms with Crippen LogP contribution in [-0.2, 0) is 14.6 Å². The summed E-state index contributed by atoms with van der Waals surface area (Å²) in [6, 6.07) is 4.94. The summed E-state index contributed by atoms with van der Waals surface area (Å²) in [4.78, 5) is 16.8. The van der Waals surface area contributed by atoms with Crippen molar-refractivity contribution < 1.29 is 17.6 Å². The number of sulfone groups is 1. The summed E-state index contributed by atoms with van der Waals surface area (Å²) in [5.41, 5.74) is 1.01. The van der Waals surface area contributed by atoms with Gasteiger partial charge < -0.3 is 9.73 Å². The molecule has 0 spiro atoms. The third-order valence-electron chi connectivity index (χ3n) is 4.88. The standard InChI is InChI=1S/C19H26N2O4S2/c1-2-27(23,24)15-10-11-17-16(12-15)21-19(25-17)26-13-18(22)20-14-8-6-4-3-5-7-9-14/h10-12,14H,2-9,13H2,1H3,(H,20,22). The van der Waals surface area contributed by atoms with Crippen molar-refractivity contribution in [3.8, 4) is 0 Å². The number of carbonyl (C=O) groups excluding carboxylic acids is 1. The smallest absolute Gasteiger partial charge is 0.257 e. The zero-order valence-electron chi connectivity index (χ0n) is 15.6. The number of benzene rings is 1. The minimum Gasteiger partial charge on any atom is -0.431 e. The van der Waals surface area contributed by atoms with E-state index in [1.165, 1.54) is 56.0 Å². The van der Waals surface area contributed by atoms with Crippen molar-refractivity contribution in [2.24, 2.45) is 0 Å². The van der Waals surface area contributed by atoms with Gasteiger partial charge in [-0.1, -0.05) is 50.8 Å². The van der Waals surface area contributed by atoms with E-state index >= 15 is 0 Å². The second kappa shape index (κ2) is 9.10. The van der Waals surface area contributed by atoms with Gasteiger partial charge in [-0.2, -0.15) is 0 Å². The van der Waals surface area contributed by atoms with Crippen molar-refractivity contribution in [2.45, 2.75) is 68.0 Å². The van der Waals surface area contributed by atoms with Gasteiger partial charge in [0, 0.05) is 6.04 Å². The molecule has 3 rings (SSSR count). The van der Waals surface area contributed by atoms with Gasteiger partial charge in [-0.15, -0.1) is 0 Å². The minimum atomic E-state index is -3.28. The van der Waals surface area contributed by atoms with Gasteiger partial charge in [-0.3, -0.25) is 4.79 Å². The molecule has 1 amide bonds. The quantitative estimate of drug-likeness (QED) is 0.726. The zero-order valence-corrected chi connectivity index (χ0v) is 17.2. The fourth-order valence-corrected chi connectivity index (χ4v) is 4.85. The maximum absolute atomic E-state index is 12.2. The SMILES string of the molecule is CCS(=O)(=O)c1ccc2oc(SCC(=O)NC3CCCCCCC3)nc2c1. The van der Waals surface area contributed by atoms with Crippen LogP contribution in [0, 0.1) is 0 Å². The number of carbonyl (C=O) groups is 1. The molecule has 0 unspecified atom stereocenters. The van der Waals surface area contributed by atoms with Gasteiger partial charge in [0.1, 0.15) is 5.52 Å². The highest BCUT2D eigenvalue weighted by Gasteiger charge is 2.17. The Hall–Kier alpha value is -1.54. The van der Waals surface area contributed by atoms with Gasteiger partial charge in [-0.05, 0) is 31.0 Å². The lowest BCUT2D eigenvalue weighted by atomic mass is 9.97. The number of oxazole rings is 1. The molecule has 1 aliphatic carbocycles. The fraction of sp³-hybridized carbons (Fsp3) is 0.579. The second-order valence-electron chi connectivity index (χ2n) is 6.91. The van der Waals surface area contributed by atoms with Crippen molar-refractivity contribution in [3.63, 3.8) is 0 Å². The molecule has 6 nitrogen and oxygen atoms in total. The van der Waals surface area contributed by atoms with Gasteiger partial charge in [0.05, 0.1) is 16.4 Å². The van der Waals surface area contributed by atoms with Crippen LogP contribution in [0.15, 0.2) is 32.7 Å². The third kappa shape index (κ3) is 5.48. The second-order valence-corrected chi connectivity index (χ2v) is 10.1. The van der Waals surface area contributed by atoms with Gasteiger partial charge in [-0.25, -0.2) is 13.4 Å². The summed E-state index contributed by atoms with van der Waals surface area (Å²) >= 11 is 1.23. The van der Waals surface area contributed by atoms with Gasteiger partial charge in [0.25, 0.3) is 5.22 Å². The van der Waals surface area contributed by atoms with Gasteiger partial charge in [0.2, 0.25) is 5.91 Å². The predicted octanol–water partition coefficient (Wildman–Crippen LogP) is 3.94. The van der Waals surface area contributed by atoms with E-state index in [1.807, 2.05) is 0 Å². The van der Waals surface area contributed by atoms with E-state index in [9.17, 15) is 13.2 Å². The van der Waals surface area contributed by atoms with Crippen LogP contribution < -0.4 is 5.32 Å². The highest BCUT2D eigenvalue weighted by molar-refractivity contribution is 7.99. The molecule has 0 bridgehead atoms. The van der Waals surface area contributed by atoms with E-state index in [-0.39, 0.29) is 28.4 Å². The predicted molar refractivity (Wildman–Crippen MR) is 107 cm³/mol. The molecule has 0 saturated heterocycles. The van der Waals surface area contributed by atoms with Crippen LogP contribution in [-0.4, -0.2) is 36.9 Å². The molecule has 1 aromatic heterocycles. The number of amides is 1. The molecule has 8 heteroatoms. The van der Waals surface area contributed by atoms with E-state index < -0.39 is 9.84 Å². The Labute approximate surface area is 164 Å². The Balaban J connectivity index is 1.58. The zero-order chi connectivity index (χ0) is 19.3. The summed E-state index contributed by atoms with van der Waals surface area (Å²) < 4.78 is 29.6. The van der Waals surface area contributed by atoms with Gasteiger partial charge >= 0.3 is 0 Å². The molecule has 1 heterocycles. The van der Waals surface area contributed by atoms with Crippen molar-refractivity contribution in [1.29, 1.82) is 0 Å². The Kier molecular flexibility index (Phi) is 6.81. The molecule has 0 radical (unpaired) electrons. The lowest BCUT2D eigenvalue weighted by Crippen LogP contribution is -2.36. The molecule has 1 fully saturated rings. The van der Waals surface area contributed by atoms with Crippen LogP contribution in [0.5, 0.6) is 0 Å². The van der Waals surface area contributed by atoms with E-state index in [2.05, 4.69) is 10.3 Å². The molecule has 1 saturated carbocycles. The number of fused-ring (bicyclic) bond motifs is 1. The van der Waals surface area contributed by atoms with Crippen LogP contribution in [0.25, 0.3) is 11.1 Å². The monoisotopic (exact) mass is 410 g/mol. The lowest BCUT2D eigenvalue weighted by molar-refractivity contribution is -0.119. The summed E-state index contributed by atoms with van der Waals surface area (Å²) in [6.07, 6.45) is 8.25. The highest BCUT2D eigenvalue weighted by Crippen LogP contribution is 2.26. The third-order valence-corrected chi connectivity index (χ3v) is 7.44. The minimum absolute atomic E-state index is 0.0120. The van der Waals surface area contributed by atoms with E-state index in [1.54, 1.807) is 13.0 Å². The molecule has 27 heavy (non-hydrogen) atoms. The Morgan fingerprint density at radius 1 is 1.22 bits per heavy atom. The highest BCUT2D eigenvalue weighted by atomic mass is 32.2. The van der Waals surface area contributed by atoms with Crippen LogP contribution in [0.4, 0.5) is 0 Å². The number of hydrogen-bond donors (Lipinski definition) is 1. The van der Waals surface area contributed by atoms with Crippen LogP contribution in [0.2, 0.25) is 0 Å². The van der Waals surface area contributed by atoms with E-state index in [0.717, 1.165) is 12.8 Å². The molecule has 2 aromatic rings. The van der Waals surface area contributed by atoms with E-state index in [0.29, 0.717) is 16.3 Å². The number of aromatic nitrogens is 1. The normalized spacial score (nSPS) is 16.8. The average Bonchev–Trinajstić information content (AvgIpc) is 3.04. The molecule has 1 aromatic carbocycles. The molecule has 148 valence electrons. The molecular formula is C19H26N2O4S2. The summed E-state index contributed by atoms with van der Waals surface area (Å²) in [5.74, 6) is 0.269. The topological polar surface area (TPSA) is 89.3 Å². The molecule has 0 atom stereocenters. The summed E-state index contributed by atoms with van der Waals surface area (Å²) in [6.45, 7) is 1.61. The average molecular weight is 411 g/mol. The number of nitrogens with zero attached hydrogens (tertiary/aromatic N) is 1. The fourth-order valence-electron chi connectivity index (χ4n) is 3.31. The van der Waals surface area contributed by atoms with E-state index in [4.69, 9.17) is 4.42 Å². The number of hydrogen-bond acceptors (Lipinski definition) is 6. The number of nitrogens with one attached hydrogen (secondary N) is 1. The largest absolute Gasteiger partial charge is 0.431 e. The Bertz CT molecular complexity index is 884. The first kappa shape index (κ1) is 20.2. The first-order valence-corrected chi connectivity index (χ1v) is 12.2. The lowest BCUT2D eigenvalue weighted by Gasteiger charge is -2.20. The maximum Gasteiger partial charge on any atom is 0.257 e. The first-order chi connectivity index (χ1) is 13.0. The summed E-state index contributed by atoms with van der Waals surface area (Å²) in [7, 11) is -3.28. The van der Waals surface area contributed by atoms with Crippen LogP contribution in [0.3, 0.4) is 0 Å². The van der Waals surface area contributed by atoms with Crippen molar-refractivity contribution in [2.75, 3.05) is 11.5 Å². The van der Waals surface area contributed by atoms with Gasteiger partial charge in [0.15, 0.2) is 15.4 Å². The summed E-state index contributed by atoms with van der Waals surface area (Å²) in [5, 5.41) is 3.50. The van der Waals surface area contributed by atoms with Crippen LogP contribution >= 0.6 is 11.8 Å². The molecule has 1 N–H and O–H groups in total. The Morgan fingerprint density at radius 2 is 1.93 bits per heavy atom. The molecular weight excluding hydrogens is 384 g/mol. The maximum atomic E-state index is 12.2. The molecule has 0 aliphatic heterocycles. The number of rotatable bonds is 6.